The van der Waals surface area contributed by atoms with Gasteiger partial charge in [-0.05, 0) is 31.4 Å². The third kappa shape index (κ3) is 2.16. The topological polar surface area (TPSA) is 30.0 Å². The largest absolute Gasteiger partial charge is 0.299 e. The SMILES string of the molecule is Cc1cccnc1CC(=O)C1(C)CCCC1. The molecule has 0 N–H and O–H groups in total. The highest BCUT2D eigenvalue weighted by Gasteiger charge is 2.35. The van der Waals surface area contributed by atoms with Crippen LogP contribution >= 0.6 is 0 Å². The van der Waals surface area contributed by atoms with Crippen LogP contribution in [0.2, 0.25) is 0 Å². The molecule has 1 aliphatic carbocycles. The van der Waals surface area contributed by atoms with Crippen molar-refractivity contribution in [2.75, 3.05) is 0 Å². The smallest absolute Gasteiger partial charge is 0.144 e. The van der Waals surface area contributed by atoms with E-state index in [9.17, 15) is 4.79 Å². The number of aryl methyl sites for hydroxylation is 1. The Hall–Kier alpha value is -1.18. The van der Waals surface area contributed by atoms with Crippen LogP contribution in [-0.2, 0) is 11.2 Å². The van der Waals surface area contributed by atoms with Crippen LogP contribution in [0.15, 0.2) is 18.3 Å². The zero-order chi connectivity index (χ0) is 11.6. The lowest BCUT2D eigenvalue weighted by molar-refractivity contribution is -0.127. The van der Waals surface area contributed by atoms with Gasteiger partial charge in [-0.3, -0.25) is 9.78 Å². The second kappa shape index (κ2) is 4.36. The van der Waals surface area contributed by atoms with E-state index in [0.29, 0.717) is 12.2 Å². The van der Waals surface area contributed by atoms with Gasteiger partial charge in [-0.25, -0.2) is 0 Å². The van der Waals surface area contributed by atoms with E-state index in [4.69, 9.17) is 0 Å². The lowest BCUT2D eigenvalue weighted by Gasteiger charge is -2.21. The summed E-state index contributed by atoms with van der Waals surface area (Å²) in [6.45, 7) is 4.13. The van der Waals surface area contributed by atoms with Crippen LogP contribution in [0, 0.1) is 12.3 Å². The average Bonchev–Trinajstić information content (AvgIpc) is 2.70. The van der Waals surface area contributed by atoms with Crippen LogP contribution in [-0.4, -0.2) is 10.8 Å². The third-order valence-electron chi connectivity index (χ3n) is 3.83. The molecule has 0 saturated heterocycles. The Bertz CT molecular complexity index is 391. The molecule has 0 aromatic carbocycles. The van der Waals surface area contributed by atoms with Gasteiger partial charge < -0.3 is 0 Å². The van der Waals surface area contributed by atoms with Gasteiger partial charge >= 0.3 is 0 Å². The number of Topliss-reactive ketones (excluding diaryl/α,β-unsaturated/α-hetero) is 1. The normalized spacial score (nSPS) is 18.6. The molecule has 0 atom stereocenters. The molecule has 2 nitrogen and oxygen atoms in total. The van der Waals surface area contributed by atoms with Crippen molar-refractivity contribution in [1.29, 1.82) is 0 Å². The molecule has 16 heavy (non-hydrogen) atoms. The highest BCUT2D eigenvalue weighted by molar-refractivity contribution is 5.86. The Kier molecular flexibility index (Phi) is 3.08. The molecule has 0 amide bonds. The van der Waals surface area contributed by atoms with Gasteiger partial charge in [0, 0.05) is 18.0 Å². The van der Waals surface area contributed by atoms with Crippen molar-refractivity contribution in [3.8, 4) is 0 Å². The van der Waals surface area contributed by atoms with Crippen molar-refractivity contribution in [3.05, 3.63) is 29.6 Å². The Morgan fingerprint density at radius 1 is 1.44 bits per heavy atom. The van der Waals surface area contributed by atoms with Gasteiger partial charge in [-0.15, -0.1) is 0 Å². The molecule has 2 rings (SSSR count). The Morgan fingerprint density at radius 2 is 2.12 bits per heavy atom. The van der Waals surface area contributed by atoms with E-state index in [-0.39, 0.29) is 5.41 Å². The van der Waals surface area contributed by atoms with Crippen LogP contribution in [0.5, 0.6) is 0 Å². The minimum absolute atomic E-state index is 0.0794. The predicted octanol–water partition coefficient (Wildman–Crippen LogP) is 3.08. The van der Waals surface area contributed by atoms with Crippen molar-refractivity contribution in [3.63, 3.8) is 0 Å². The first kappa shape index (κ1) is 11.3. The summed E-state index contributed by atoms with van der Waals surface area (Å²) >= 11 is 0. The molecular formula is C14H19NO. The van der Waals surface area contributed by atoms with Gasteiger partial charge in [0.15, 0.2) is 0 Å². The Labute approximate surface area is 97.1 Å². The number of pyridine rings is 1. The van der Waals surface area contributed by atoms with Gasteiger partial charge in [-0.1, -0.05) is 25.8 Å². The molecular weight excluding hydrogens is 198 g/mol. The molecule has 1 fully saturated rings. The van der Waals surface area contributed by atoms with Crippen molar-refractivity contribution >= 4 is 5.78 Å². The third-order valence-corrected chi connectivity index (χ3v) is 3.83. The quantitative estimate of drug-likeness (QED) is 0.778. The summed E-state index contributed by atoms with van der Waals surface area (Å²) in [6, 6.07) is 3.94. The van der Waals surface area contributed by atoms with Crippen molar-refractivity contribution in [2.45, 2.75) is 46.0 Å². The summed E-state index contributed by atoms with van der Waals surface area (Å²) in [7, 11) is 0. The fraction of sp³-hybridized carbons (Fsp3) is 0.571. The summed E-state index contributed by atoms with van der Waals surface area (Å²) in [5.74, 6) is 0.367. The van der Waals surface area contributed by atoms with Crippen LogP contribution in [0.3, 0.4) is 0 Å². The maximum Gasteiger partial charge on any atom is 0.144 e. The molecule has 0 radical (unpaired) electrons. The van der Waals surface area contributed by atoms with Gasteiger partial charge in [-0.2, -0.15) is 0 Å². The summed E-state index contributed by atoms with van der Waals surface area (Å²) in [5, 5.41) is 0. The Morgan fingerprint density at radius 3 is 2.75 bits per heavy atom. The van der Waals surface area contributed by atoms with Crippen LogP contribution in [0.4, 0.5) is 0 Å². The van der Waals surface area contributed by atoms with E-state index < -0.39 is 0 Å². The van der Waals surface area contributed by atoms with E-state index >= 15 is 0 Å². The van der Waals surface area contributed by atoms with Gasteiger partial charge in [0.25, 0.3) is 0 Å². The van der Waals surface area contributed by atoms with Gasteiger partial charge in [0.1, 0.15) is 5.78 Å². The maximum absolute atomic E-state index is 12.2. The van der Waals surface area contributed by atoms with Crippen LogP contribution in [0.25, 0.3) is 0 Å². The number of aromatic nitrogens is 1. The zero-order valence-electron chi connectivity index (χ0n) is 10.1. The monoisotopic (exact) mass is 217 g/mol. The molecule has 0 spiro atoms. The molecule has 86 valence electrons. The molecule has 0 aliphatic heterocycles. The van der Waals surface area contributed by atoms with Crippen LogP contribution < -0.4 is 0 Å². The molecule has 1 saturated carbocycles. The van der Waals surface area contributed by atoms with Crippen LogP contribution in [0.1, 0.15) is 43.9 Å². The number of nitrogens with zero attached hydrogens (tertiary/aromatic N) is 1. The van der Waals surface area contributed by atoms with E-state index in [0.717, 1.165) is 24.1 Å². The summed E-state index contributed by atoms with van der Waals surface area (Å²) in [4.78, 5) is 16.5. The van der Waals surface area contributed by atoms with E-state index in [1.54, 1.807) is 6.20 Å². The second-order valence-corrected chi connectivity index (χ2v) is 5.13. The molecule has 1 aliphatic rings. The summed E-state index contributed by atoms with van der Waals surface area (Å²) in [6.07, 6.45) is 6.78. The van der Waals surface area contributed by atoms with E-state index in [1.807, 2.05) is 19.1 Å². The van der Waals surface area contributed by atoms with Gasteiger partial charge in [0.05, 0.1) is 5.69 Å². The first-order valence-corrected chi connectivity index (χ1v) is 6.06. The molecule has 1 aromatic heterocycles. The fourth-order valence-electron chi connectivity index (χ4n) is 2.50. The predicted molar refractivity (Wildman–Crippen MR) is 64.3 cm³/mol. The fourth-order valence-corrected chi connectivity index (χ4v) is 2.50. The first-order valence-electron chi connectivity index (χ1n) is 6.06. The number of carbonyl (C=O) groups is 1. The van der Waals surface area contributed by atoms with Crippen molar-refractivity contribution < 1.29 is 4.79 Å². The minimum atomic E-state index is -0.0794. The lowest BCUT2D eigenvalue weighted by atomic mass is 9.81. The number of carbonyl (C=O) groups excluding carboxylic acids is 1. The highest BCUT2D eigenvalue weighted by atomic mass is 16.1. The number of hydrogen-bond acceptors (Lipinski definition) is 2. The van der Waals surface area contributed by atoms with Crippen molar-refractivity contribution in [1.82, 2.24) is 4.98 Å². The molecule has 0 bridgehead atoms. The molecule has 1 heterocycles. The molecule has 1 aromatic rings. The summed E-state index contributed by atoms with van der Waals surface area (Å²) < 4.78 is 0. The number of ketones is 1. The molecule has 2 heteroatoms. The minimum Gasteiger partial charge on any atom is -0.299 e. The standard InChI is InChI=1S/C14H19NO/c1-11-6-5-9-15-12(11)10-13(16)14(2)7-3-4-8-14/h5-6,9H,3-4,7-8,10H2,1-2H3. The first-order chi connectivity index (χ1) is 7.62. The number of rotatable bonds is 3. The van der Waals surface area contributed by atoms with E-state index in [1.165, 1.54) is 12.8 Å². The Balaban J connectivity index is 2.10. The lowest BCUT2D eigenvalue weighted by Crippen LogP contribution is -2.26. The van der Waals surface area contributed by atoms with Crippen molar-refractivity contribution in [2.24, 2.45) is 5.41 Å². The van der Waals surface area contributed by atoms with Gasteiger partial charge in [0.2, 0.25) is 0 Å². The summed E-state index contributed by atoms with van der Waals surface area (Å²) in [5.41, 5.74) is 1.99. The maximum atomic E-state index is 12.2. The number of hydrogen-bond donors (Lipinski definition) is 0. The highest BCUT2D eigenvalue weighted by Crippen LogP contribution is 2.39. The average molecular weight is 217 g/mol. The van der Waals surface area contributed by atoms with E-state index in [2.05, 4.69) is 11.9 Å². The zero-order valence-corrected chi connectivity index (χ0v) is 10.1. The second-order valence-electron chi connectivity index (χ2n) is 5.13. The molecule has 0 unspecified atom stereocenters.